The Kier molecular flexibility index (Phi) is 7.21. The Hall–Kier alpha value is -0.280. The molecule has 1 unspecified atom stereocenters. The van der Waals surface area contributed by atoms with Crippen LogP contribution in [-0.2, 0) is 5.41 Å². The predicted octanol–water partition coefficient (Wildman–Crippen LogP) is 3.87. The second kappa shape index (κ2) is 8.71. The van der Waals surface area contributed by atoms with Gasteiger partial charge in [-0.3, -0.25) is 0 Å². The average Bonchev–Trinajstić information content (AvgIpc) is 2.53. The van der Waals surface area contributed by atoms with Crippen molar-refractivity contribution in [3.63, 3.8) is 0 Å². The maximum absolute atomic E-state index is 10.9. The first kappa shape index (κ1) is 19.1. The summed E-state index contributed by atoms with van der Waals surface area (Å²) in [4.78, 5) is 1.56. The number of halogens is 2. The van der Waals surface area contributed by atoms with E-state index in [4.69, 9.17) is 23.2 Å². The number of aliphatic hydroxyl groups excluding tert-OH is 1. The smallest absolute Gasteiger partial charge is 0.112 e. The van der Waals surface area contributed by atoms with Gasteiger partial charge in [-0.15, -0.1) is 0 Å². The molecular formula is C19H30Cl2NO+. The van der Waals surface area contributed by atoms with Crippen molar-refractivity contribution < 1.29 is 10.0 Å². The van der Waals surface area contributed by atoms with Crippen molar-refractivity contribution in [1.82, 2.24) is 0 Å². The number of nitrogens with one attached hydrogen (secondary N) is 1. The molecule has 2 fully saturated rings. The molecule has 2 aliphatic rings. The highest BCUT2D eigenvalue weighted by molar-refractivity contribution is 6.42. The van der Waals surface area contributed by atoms with Crippen LogP contribution < -0.4 is 4.90 Å². The van der Waals surface area contributed by atoms with Crippen molar-refractivity contribution in [3.05, 3.63) is 33.8 Å². The minimum atomic E-state index is -0.281. The average molecular weight is 359 g/mol. The number of rotatable bonds is 4. The zero-order valence-corrected chi connectivity index (χ0v) is 15.9. The molecule has 1 aliphatic heterocycles. The van der Waals surface area contributed by atoms with Gasteiger partial charge in [-0.05, 0) is 49.8 Å². The van der Waals surface area contributed by atoms with Crippen LogP contribution in [0.15, 0.2) is 18.2 Å². The summed E-state index contributed by atoms with van der Waals surface area (Å²) < 4.78 is 0. The normalized spacial score (nSPS) is 21.8. The first-order valence-electron chi connectivity index (χ1n) is 9.09. The minimum Gasteiger partial charge on any atom is -0.386 e. The van der Waals surface area contributed by atoms with E-state index in [2.05, 4.69) is 0 Å². The van der Waals surface area contributed by atoms with Gasteiger partial charge in [0.1, 0.15) is 12.6 Å². The first-order valence-corrected chi connectivity index (χ1v) is 9.84. The van der Waals surface area contributed by atoms with Crippen molar-refractivity contribution in [1.29, 1.82) is 0 Å². The lowest BCUT2D eigenvalue weighted by molar-refractivity contribution is -0.908. The van der Waals surface area contributed by atoms with Gasteiger partial charge in [-0.2, -0.15) is 0 Å². The molecule has 1 saturated carbocycles. The molecule has 1 aromatic rings. The number of aliphatic hydroxyl groups is 1. The van der Waals surface area contributed by atoms with E-state index in [1.54, 1.807) is 4.90 Å². The summed E-state index contributed by atoms with van der Waals surface area (Å²) in [5.41, 5.74) is 1.06. The number of hydrogen-bond acceptors (Lipinski definition) is 1. The Labute approximate surface area is 150 Å². The third kappa shape index (κ3) is 4.22. The molecule has 23 heavy (non-hydrogen) atoms. The van der Waals surface area contributed by atoms with Gasteiger partial charge in [0.25, 0.3) is 0 Å². The SMILES string of the molecule is CC.OC(C[NH+]1CCCCC1)C1(c2ccc(Cl)c(Cl)c2)CCC1. The summed E-state index contributed by atoms with van der Waals surface area (Å²) in [6.07, 6.45) is 6.95. The molecule has 3 rings (SSSR count). The fraction of sp³-hybridized carbons (Fsp3) is 0.684. The van der Waals surface area contributed by atoms with Crippen LogP contribution in [0.25, 0.3) is 0 Å². The lowest BCUT2D eigenvalue weighted by atomic mass is 9.61. The summed E-state index contributed by atoms with van der Waals surface area (Å²) in [5.74, 6) is 0. The third-order valence-corrected chi connectivity index (χ3v) is 6.16. The van der Waals surface area contributed by atoms with Gasteiger partial charge in [-0.1, -0.05) is 49.5 Å². The largest absolute Gasteiger partial charge is 0.386 e. The van der Waals surface area contributed by atoms with E-state index in [1.165, 1.54) is 38.8 Å². The Bertz CT molecular complexity index is 496. The molecule has 130 valence electrons. The van der Waals surface area contributed by atoms with Gasteiger partial charge in [0.15, 0.2) is 0 Å². The van der Waals surface area contributed by atoms with Crippen molar-refractivity contribution in [3.8, 4) is 0 Å². The molecular weight excluding hydrogens is 329 g/mol. The molecule has 0 radical (unpaired) electrons. The van der Waals surface area contributed by atoms with Gasteiger partial charge < -0.3 is 10.0 Å². The van der Waals surface area contributed by atoms with Crippen LogP contribution >= 0.6 is 23.2 Å². The third-order valence-electron chi connectivity index (χ3n) is 5.42. The highest BCUT2D eigenvalue weighted by Gasteiger charge is 2.46. The fourth-order valence-corrected chi connectivity index (χ4v) is 4.20. The maximum atomic E-state index is 10.9. The monoisotopic (exact) mass is 358 g/mol. The number of quaternary nitrogens is 1. The molecule has 0 aromatic heterocycles. The number of hydrogen-bond donors (Lipinski definition) is 2. The topological polar surface area (TPSA) is 24.7 Å². The summed E-state index contributed by atoms with van der Waals surface area (Å²) >= 11 is 12.2. The molecule has 1 heterocycles. The Morgan fingerprint density at radius 2 is 1.70 bits per heavy atom. The fourth-order valence-electron chi connectivity index (χ4n) is 3.90. The molecule has 0 bridgehead atoms. The van der Waals surface area contributed by atoms with E-state index < -0.39 is 0 Å². The Morgan fingerprint density at radius 1 is 1.04 bits per heavy atom. The minimum absolute atomic E-state index is 0.0985. The summed E-state index contributed by atoms with van der Waals surface area (Å²) in [6, 6.07) is 5.86. The zero-order valence-electron chi connectivity index (χ0n) is 14.4. The molecule has 4 heteroatoms. The molecule has 1 atom stereocenters. The van der Waals surface area contributed by atoms with Gasteiger partial charge in [0.05, 0.1) is 23.1 Å². The van der Waals surface area contributed by atoms with Gasteiger partial charge in [0.2, 0.25) is 0 Å². The zero-order chi connectivity index (χ0) is 16.9. The van der Waals surface area contributed by atoms with Crippen LogP contribution in [0, 0.1) is 0 Å². The highest BCUT2D eigenvalue weighted by atomic mass is 35.5. The summed E-state index contributed by atoms with van der Waals surface area (Å²) in [7, 11) is 0. The second-order valence-electron chi connectivity index (χ2n) is 6.67. The van der Waals surface area contributed by atoms with Crippen molar-refractivity contribution in [2.45, 2.75) is 63.9 Å². The Balaban J connectivity index is 0.000000924. The maximum Gasteiger partial charge on any atom is 0.112 e. The lowest BCUT2D eigenvalue weighted by Crippen LogP contribution is -3.14. The second-order valence-corrected chi connectivity index (χ2v) is 7.48. The molecule has 0 spiro atoms. The standard InChI is InChI=1S/C17H23Cl2NO.C2H6/c18-14-6-5-13(11-15(14)19)17(7-4-8-17)16(21)12-20-9-2-1-3-10-20;1-2/h5-6,11,16,21H,1-4,7-10,12H2;1-2H3/p+1. The molecule has 1 aromatic carbocycles. The summed E-state index contributed by atoms with van der Waals surface area (Å²) in [6.45, 7) is 7.27. The van der Waals surface area contributed by atoms with E-state index in [0.717, 1.165) is 24.9 Å². The first-order chi connectivity index (χ1) is 11.1. The van der Waals surface area contributed by atoms with E-state index in [-0.39, 0.29) is 11.5 Å². The predicted molar refractivity (Wildman–Crippen MR) is 98.8 cm³/mol. The van der Waals surface area contributed by atoms with Crippen LogP contribution in [0.4, 0.5) is 0 Å². The van der Waals surface area contributed by atoms with Crippen LogP contribution in [0.1, 0.15) is 57.9 Å². The molecule has 1 saturated heterocycles. The van der Waals surface area contributed by atoms with Gasteiger partial charge in [0, 0.05) is 5.41 Å². The van der Waals surface area contributed by atoms with E-state index >= 15 is 0 Å². The highest BCUT2D eigenvalue weighted by Crippen LogP contribution is 2.47. The van der Waals surface area contributed by atoms with Crippen LogP contribution in [0.2, 0.25) is 10.0 Å². The van der Waals surface area contributed by atoms with Crippen molar-refractivity contribution in [2.24, 2.45) is 0 Å². The number of likely N-dealkylation sites (tertiary alicyclic amines) is 1. The van der Waals surface area contributed by atoms with Gasteiger partial charge in [-0.25, -0.2) is 0 Å². The van der Waals surface area contributed by atoms with Crippen LogP contribution in [-0.4, -0.2) is 30.8 Å². The van der Waals surface area contributed by atoms with Crippen LogP contribution in [0.5, 0.6) is 0 Å². The van der Waals surface area contributed by atoms with E-state index in [9.17, 15) is 5.11 Å². The van der Waals surface area contributed by atoms with E-state index in [1.807, 2.05) is 32.0 Å². The molecule has 1 aliphatic carbocycles. The number of benzene rings is 1. The lowest BCUT2D eigenvalue weighted by Gasteiger charge is -2.46. The number of piperidine rings is 1. The Morgan fingerprint density at radius 3 is 2.22 bits per heavy atom. The quantitative estimate of drug-likeness (QED) is 0.838. The summed E-state index contributed by atoms with van der Waals surface area (Å²) in [5, 5.41) is 12.1. The van der Waals surface area contributed by atoms with Crippen molar-refractivity contribution >= 4 is 23.2 Å². The van der Waals surface area contributed by atoms with Crippen molar-refractivity contribution in [2.75, 3.05) is 19.6 Å². The van der Waals surface area contributed by atoms with Crippen LogP contribution in [0.3, 0.4) is 0 Å². The van der Waals surface area contributed by atoms with Gasteiger partial charge >= 0.3 is 0 Å². The molecule has 2 N–H and O–H groups in total. The molecule has 2 nitrogen and oxygen atoms in total. The molecule has 0 amide bonds. The van der Waals surface area contributed by atoms with E-state index in [0.29, 0.717) is 10.0 Å².